The van der Waals surface area contributed by atoms with Crippen LogP contribution in [0.1, 0.15) is 18.7 Å². The van der Waals surface area contributed by atoms with Gasteiger partial charge in [0.2, 0.25) is 17.3 Å². The molecule has 1 aliphatic rings. The molecule has 1 atom stereocenters. The molecule has 0 fully saturated rings. The zero-order valence-corrected chi connectivity index (χ0v) is 17.4. The fraction of sp³-hybridized carbons (Fsp3) is 0.174. The molecule has 0 saturated heterocycles. The van der Waals surface area contributed by atoms with E-state index in [1.54, 1.807) is 0 Å². The third-order valence-corrected chi connectivity index (χ3v) is 5.55. The molecule has 4 aromatic rings. The number of nitrogens with one attached hydrogen (secondary N) is 1. The highest BCUT2D eigenvalue weighted by Gasteiger charge is 2.29. The lowest BCUT2D eigenvalue weighted by Crippen LogP contribution is -2.19. The van der Waals surface area contributed by atoms with Crippen LogP contribution in [0.2, 0.25) is 0 Å². The molecule has 2 heterocycles. The molecule has 0 radical (unpaired) electrons. The Morgan fingerprint density at radius 2 is 1.87 bits per heavy atom. The predicted molar refractivity (Wildman–Crippen MR) is 119 cm³/mol. The lowest BCUT2D eigenvalue weighted by atomic mass is 10.0. The van der Waals surface area contributed by atoms with Crippen LogP contribution in [0.5, 0.6) is 11.6 Å². The van der Waals surface area contributed by atoms with E-state index in [0.29, 0.717) is 23.3 Å². The Kier molecular flexibility index (Phi) is 4.88. The van der Waals surface area contributed by atoms with E-state index >= 15 is 0 Å². The number of fused-ring (bicyclic) bond motifs is 4. The van der Waals surface area contributed by atoms with Crippen LogP contribution in [0.15, 0.2) is 65.8 Å². The van der Waals surface area contributed by atoms with Crippen molar-refractivity contribution in [1.29, 1.82) is 0 Å². The molecule has 150 valence electrons. The summed E-state index contributed by atoms with van der Waals surface area (Å²) >= 11 is 1.43. The van der Waals surface area contributed by atoms with E-state index in [-0.39, 0.29) is 0 Å². The molecular weight excluding hydrogens is 396 g/mol. The summed E-state index contributed by atoms with van der Waals surface area (Å²) in [6.45, 7) is 2.54. The normalized spacial score (nSPS) is 14.8. The van der Waals surface area contributed by atoms with Gasteiger partial charge in [-0.05, 0) is 36.1 Å². The molecule has 1 N–H and O–H groups in total. The molecule has 0 spiro atoms. The molecule has 0 saturated carbocycles. The number of aromatic nitrogens is 3. The zero-order valence-electron chi connectivity index (χ0n) is 16.6. The maximum atomic E-state index is 6.45. The van der Waals surface area contributed by atoms with Crippen LogP contribution >= 0.6 is 11.8 Å². The van der Waals surface area contributed by atoms with E-state index in [2.05, 4.69) is 38.7 Å². The van der Waals surface area contributed by atoms with Crippen LogP contribution in [0.4, 0.5) is 5.69 Å². The van der Waals surface area contributed by atoms with E-state index in [1.807, 2.05) is 55.6 Å². The highest BCUT2D eigenvalue weighted by Crippen LogP contribution is 2.43. The number of para-hydroxylation sites is 1. The second kappa shape index (κ2) is 7.84. The molecule has 1 aliphatic heterocycles. The van der Waals surface area contributed by atoms with Crippen molar-refractivity contribution < 1.29 is 9.47 Å². The molecule has 1 aromatic heterocycles. The quantitative estimate of drug-likeness (QED) is 0.452. The summed E-state index contributed by atoms with van der Waals surface area (Å²) in [5.74, 6) is 1.23. The van der Waals surface area contributed by atoms with E-state index in [1.165, 1.54) is 11.8 Å². The van der Waals surface area contributed by atoms with Crippen LogP contribution in [-0.4, -0.2) is 28.0 Å². The first-order chi connectivity index (χ1) is 14.8. The molecule has 30 heavy (non-hydrogen) atoms. The molecule has 5 rings (SSSR count). The smallest absolute Gasteiger partial charge is 0.247 e. The van der Waals surface area contributed by atoms with Gasteiger partial charge in [-0.15, -0.1) is 10.2 Å². The van der Waals surface area contributed by atoms with Gasteiger partial charge in [-0.25, -0.2) is 0 Å². The number of benzene rings is 3. The minimum Gasteiger partial charge on any atom is -0.493 e. The Morgan fingerprint density at radius 1 is 1.03 bits per heavy atom. The number of thioether (sulfide) groups is 1. The average Bonchev–Trinajstić information content (AvgIpc) is 2.95. The lowest BCUT2D eigenvalue weighted by Gasteiger charge is -2.23. The average molecular weight is 417 g/mol. The number of ether oxygens (including phenoxy) is 2. The van der Waals surface area contributed by atoms with Crippen molar-refractivity contribution in [3.8, 4) is 22.9 Å². The van der Waals surface area contributed by atoms with Gasteiger partial charge >= 0.3 is 0 Å². The van der Waals surface area contributed by atoms with Crippen molar-refractivity contribution in [2.24, 2.45) is 0 Å². The topological polar surface area (TPSA) is 69.2 Å². The highest BCUT2D eigenvalue weighted by molar-refractivity contribution is 7.98. The highest BCUT2D eigenvalue weighted by atomic mass is 32.2. The van der Waals surface area contributed by atoms with E-state index in [4.69, 9.17) is 9.47 Å². The first kappa shape index (κ1) is 18.7. The van der Waals surface area contributed by atoms with Gasteiger partial charge in [-0.1, -0.05) is 60.3 Å². The molecule has 0 aliphatic carbocycles. The zero-order chi connectivity index (χ0) is 20.5. The Labute approximate surface area is 178 Å². The van der Waals surface area contributed by atoms with Crippen molar-refractivity contribution in [2.45, 2.75) is 18.3 Å². The van der Waals surface area contributed by atoms with Crippen molar-refractivity contribution in [2.75, 3.05) is 18.2 Å². The standard InChI is InChI=1S/C23H20N4O2S/c1-3-28-18-13-12-14-8-4-5-9-15(14)19(18)21-24-17-11-7-6-10-16(17)20-22(29-21)25-23(30-2)27-26-20/h4-13,21,24H,3H2,1-2H3/t21-/m0/s1. The Hall–Kier alpha value is -3.32. The second-order valence-corrected chi connectivity index (χ2v) is 7.54. The summed E-state index contributed by atoms with van der Waals surface area (Å²) in [4.78, 5) is 4.61. The second-order valence-electron chi connectivity index (χ2n) is 6.77. The molecule has 6 nitrogen and oxygen atoms in total. The van der Waals surface area contributed by atoms with Gasteiger partial charge in [0.1, 0.15) is 5.75 Å². The SMILES string of the molecule is CCOc1ccc2ccccc2c1[C@H]1Nc2ccccc2-c2nnc(SC)nc2O1. The summed E-state index contributed by atoms with van der Waals surface area (Å²) < 4.78 is 12.4. The summed E-state index contributed by atoms with van der Waals surface area (Å²) in [6, 6.07) is 20.2. The lowest BCUT2D eigenvalue weighted by molar-refractivity contribution is 0.218. The fourth-order valence-electron chi connectivity index (χ4n) is 3.69. The summed E-state index contributed by atoms with van der Waals surface area (Å²) in [6.07, 6.45) is 1.41. The summed E-state index contributed by atoms with van der Waals surface area (Å²) in [7, 11) is 0. The van der Waals surface area contributed by atoms with Crippen molar-refractivity contribution in [3.63, 3.8) is 0 Å². The number of rotatable bonds is 4. The predicted octanol–water partition coefficient (Wildman–Crippen LogP) is 5.32. The van der Waals surface area contributed by atoms with Gasteiger partial charge in [0, 0.05) is 11.3 Å². The van der Waals surface area contributed by atoms with Crippen molar-refractivity contribution >= 4 is 28.2 Å². The van der Waals surface area contributed by atoms with Crippen LogP contribution < -0.4 is 14.8 Å². The van der Waals surface area contributed by atoms with E-state index in [0.717, 1.165) is 33.3 Å². The Bertz CT molecular complexity index is 1230. The maximum absolute atomic E-state index is 6.45. The van der Waals surface area contributed by atoms with Gasteiger partial charge in [-0.2, -0.15) is 4.98 Å². The van der Waals surface area contributed by atoms with Crippen LogP contribution in [0.25, 0.3) is 22.0 Å². The molecule has 3 aromatic carbocycles. The minimum atomic E-state index is -0.508. The van der Waals surface area contributed by atoms with Crippen molar-refractivity contribution in [3.05, 3.63) is 66.2 Å². The number of nitrogens with zero attached hydrogens (tertiary/aromatic N) is 3. The molecule has 7 heteroatoms. The largest absolute Gasteiger partial charge is 0.493 e. The molecule has 0 amide bonds. The number of anilines is 1. The molecule has 0 unspecified atom stereocenters. The van der Waals surface area contributed by atoms with Gasteiger partial charge in [-0.3, -0.25) is 0 Å². The van der Waals surface area contributed by atoms with E-state index in [9.17, 15) is 0 Å². The van der Waals surface area contributed by atoms with Crippen molar-refractivity contribution in [1.82, 2.24) is 15.2 Å². The monoisotopic (exact) mass is 416 g/mol. The van der Waals surface area contributed by atoms with Gasteiger partial charge in [0.25, 0.3) is 0 Å². The first-order valence-corrected chi connectivity index (χ1v) is 11.0. The van der Waals surface area contributed by atoms with Crippen LogP contribution in [0, 0.1) is 0 Å². The third kappa shape index (κ3) is 3.21. The first-order valence-electron chi connectivity index (χ1n) is 9.74. The van der Waals surface area contributed by atoms with Gasteiger partial charge < -0.3 is 14.8 Å². The minimum absolute atomic E-state index is 0.451. The number of hydrogen-bond acceptors (Lipinski definition) is 7. The van der Waals surface area contributed by atoms with Crippen LogP contribution in [-0.2, 0) is 0 Å². The molecular formula is C23H20N4O2S. The van der Waals surface area contributed by atoms with Gasteiger partial charge in [0.05, 0.1) is 12.2 Å². The Morgan fingerprint density at radius 3 is 2.73 bits per heavy atom. The molecule has 0 bridgehead atoms. The van der Waals surface area contributed by atoms with Gasteiger partial charge in [0.15, 0.2) is 5.69 Å². The fourth-order valence-corrected chi connectivity index (χ4v) is 3.99. The summed E-state index contributed by atoms with van der Waals surface area (Å²) in [5.41, 5.74) is 3.36. The van der Waals surface area contributed by atoms with E-state index < -0.39 is 6.23 Å². The maximum Gasteiger partial charge on any atom is 0.247 e. The summed E-state index contributed by atoms with van der Waals surface area (Å²) in [5, 5.41) is 14.9. The third-order valence-electron chi connectivity index (χ3n) is 5.01. The number of hydrogen-bond donors (Lipinski definition) is 1. The van der Waals surface area contributed by atoms with Crippen LogP contribution in [0.3, 0.4) is 0 Å². The Balaban J connectivity index is 1.74.